The molecule has 0 aromatic carbocycles. The number of carbonyl (C=O) groups is 2. The van der Waals surface area contributed by atoms with Crippen LogP contribution in [0, 0.1) is 50.7 Å². The highest BCUT2D eigenvalue weighted by Gasteiger charge is 2.69. The summed E-state index contributed by atoms with van der Waals surface area (Å²) in [5.74, 6) is -0.568. The Morgan fingerprint density at radius 3 is 2.41 bits per heavy atom. The molecule has 27 heavy (non-hydrogen) atoms. The Kier molecular flexibility index (Phi) is 4.45. The Morgan fingerprint density at radius 2 is 1.89 bits per heavy atom. The second kappa shape index (κ2) is 5.96. The first-order valence-electron chi connectivity index (χ1n) is 10.0. The number of carbonyl (C=O) groups excluding carboxylic acids is 2. The molecule has 150 valence electrons. The van der Waals surface area contributed by atoms with Gasteiger partial charge in [0.1, 0.15) is 6.10 Å². The average Bonchev–Trinajstić information content (AvgIpc) is 3.06. The van der Waals surface area contributed by atoms with Gasteiger partial charge in [-0.15, -0.1) is 0 Å². The minimum atomic E-state index is -1.02. The molecule has 3 fully saturated rings. The highest BCUT2D eigenvalue weighted by atomic mass is 16.6. The van der Waals surface area contributed by atoms with Crippen molar-refractivity contribution in [1.82, 2.24) is 0 Å². The van der Waals surface area contributed by atoms with Gasteiger partial charge in [0.15, 0.2) is 5.41 Å². The Balaban J connectivity index is 1.83. The predicted molar refractivity (Wildman–Crippen MR) is 100 cm³/mol. The van der Waals surface area contributed by atoms with Gasteiger partial charge in [-0.05, 0) is 48.9 Å². The van der Waals surface area contributed by atoms with E-state index in [1.165, 1.54) is 0 Å². The fraction of sp³-hybridized carbons (Fsp3) is 0.864. The van der Waals surface area contributed by atoms with Crippen LogP contribution < -0.4 is 0 Å². The number of ether oxygens (including phenoxy) is 2. The fourth-order valence-electron chi connectivity index (χ4n) is 5.61. The van der Waals surface area contributed by atoms with Crippen LogP contribution in [0.4, 0.5) is 0 Å². The SMILES string of the molecule is CC(C)(C)CC(C)(C(=O)OC1C2CC3C1COC(=O)C3(C#N)C2)C(C)(C)C. The number of fused-ring (bicyclic) bond motifs is 1. The second-order valence-corrected chi connectivity index (χ2v) is 11.3. The summed E-state index contributed by atoms with van der Waals surface area (Å²) < 4.78 is 11.5. The molecule has 5 nitrogen and oxygen atoms in total. The molecule has 3 aliphatic rings. The van der Waals surface area contributed by atoms with Crippen molar-refractivity contribution in [2.45, 2.75) is 73.8 Å². The van der Waals surface area contributed by atoms with Crippen molar-refractivity contribution in [2.75, 3.05) is 6.61 Å². The van der Waals surface area contributed by atoms with Crippen molar-refractivity contribution in [2.24, 2.45) is 39.4 Å². The maximum atomic E-state index is 13.4. The van der Waals surface area contributed by atoms with E-state index in [0.717, 1.165) is 12.8 Å². The predicted octanol–water partition coefficient (Wildman–Crippen LogP) is 4.11. The first-order chi connectivity index (χ1) is 12.2. The monoisotopic (exact) mass is 375 g/mol. The summed E-state index contributed by atoms with van der Waals surface area (Å²) in [6, 6.07) is 2.23. The Labute approximate surface area is 162 Å². The van der Waals surface area contributed by atoms with Crippen molar-refractivity contribution in [3.8, 4) is 6.07 Å². The summed E-state index contributed by atoms with van der Waals surface area (Å²) in [6.07, 6.45) is 1.70. The van der Waals surface area contributed by atoms with E-state index in [4.69, 9.17) is 9.47 Å². The molecule has 0 N–H and O–H groups in total. The smallest absolute Gasteiger partial charge is 0.326 e. The van der Waals surface area contributed by atoms with Crippen LogP contribution in [0.2, 0.25) is 0 Å². The quantitative estimate of drug-likeness (QED) is 0.694. The molecule has 2 saturated carbocycles. The summed E-state index contributed by atoms with van der Waals surface area (Å²) >= 11 is 0. The molecule has 2 bridgehead atoms. The third kappa shape index (κ3) is 2.96. The number of nitrogens with zero attached hydrogens (tertiary/aromatic N) is 1. The maximum absolute atomic E-state index is 13.4. The van der Waals surface area contributed by atoms with Gasteiger partial charge in [-0.25, -0.2) is 0 Å². The molecule has 1 heterocycles. The second-order valence-electron chi connectivity index (χ2n) is 11.3. The zero-order valence-electron chi connectivity index (χ0n) is 17.7. The molecule has 3 rings (SSSR count). The Bertz CT molecular complexity index is 695. The molecule has 0 aromatic heterocycles. The third-order valence-corrected chi connectivity index (χ3v) is 7.38. The molecular weight excluding hydrogens is 342 g/mol. The third-order valence-electron chi connectivity index (χ3n) is 7.38. The van der Waals surface area contributed by atoms with Gasteiger partial charge in [-0.2, -0.15) is 5.26 Å². The lowest BCUT2D eigenvalue weighted by Crippen LogP contribution is -2.53. The standard InChI is InChI=1S/C22H33NO4/c1-19(2,3)11-21(7,20(4,5)6)17(24)27-16-13-8-15-14(16)10-26-18(25)22(15,9-13)12-23/h13-16H,8-11H2,1-7H3. The zero-order chi connectivity index (χ0) is 20.4. The van der Waals surface area contributed by atoms with Crippen LogP contribution in [0.5, 0.6) is 0 Å². The van der Waals surface area contributed by atoms with E-state index < -0.39 is 10.8 Å². The number of nitriles is 1. The number of hydrogen-bond acceptors (Lipinski definition) is 5. The number of hydrogen-bond donors (Lipinski definition) is 0. The van der Waals surface area contributed by atoms with Gasteiger partial charge in [0.05, 0.1) is 18.1 Å². The van der Waals surface area contributed by atoms with E-state index in [2.05, 4.69) is 47.6 Å². The van der Waals surface area contributed by atoms with Gasteiger partial charge < -0.3 is 9.47 Å². The lowest BCUT2D eigenvalue weighted by molar-refractivity contribution is -0.190. The summed E-state index contributed by atoms with van der Waals surface area (Å²) in [7, 11) is 0. The highest BCUT2D eigenvalue weighted by Crippen LogP contribution is 2.62. The van der Waals surface area contributed by atoms with E-state index in [0.29, 0.717) is 6.42 Å². The zero-order valence-corrected chi connectivity index (χ0v) is 17.7. The average molecular weight is 376 g/mol. The number of esters is 2. The van der Waals surface area contributed by atoms with Gasteiger partial charge >= 0.3 is 11.9 Å². The molecule has 5 heteroatoms. The lowest BCUT2D eigenvalue weighted by atomic mass is 9.61. The van der Waals surface area contributed by atoms with Crippen molar-refractivity contribution < 1.29 is 19.1 Å². The van der Waals surface area contributed by atoms with E-state index in [-0.39, 0.29) is 53.2 Å². The minimum absolute atomic E-state index is 0.00787. The fourth-order valence-corrected chi connectivity index (χ4v) is 5.61. The number of rotatable bonds is 3. The van der Waals surface area contributed by atoms with Gasteiger partial charge in [0.25, 0.3) is 0 Å². The normalized spacial score (nSPS) is 37.3. The van der Waals surface area contributed by atoms with Crippen LogP contribution >= 0.6 is 0 Å². The Morgan fingerprint density at radius 1 is 1.26 bits per heavy atom. The first-order valence-corrected chi connectivity index (χ1v) is 10.0. The molecule has 0 radical (unpaired) electrons. The van der Waals surface area contributed by atoms with Crippen molar-refractivity contribution in [3.63, 3.8) is 0 Å². The summed E-state index contributed by atoms with van der Waals surface area (Å²) in [4.78, 5) is 25.6. The van der Waals surface area contributed by atoms with E-state index in [1.54, 1.807) is 0 Å². The van der Waals surface area contributed by atoms with Gasteiger partial charge in [0, 0.05) is 5.92 Å². The van der Waals surface area contributed by atoms with Gasteiger partial charge in [-0.3, -0.25) is 9.59 Å². The van der Waals surface area contributed by atoms with E-state index >= 15 is 0 Å². The Hall–Kier alpha value is -1.57. The number of cyclic esters (lactones) is 1. The van der Waals surface area contributed by atoms with Crippen LogP contribution in [0.25, 0.3) is 0 Å². The summed E-state index contributed by atoms with van der Waals surface area (Å²) in [5, 5.41) is 9.63. The first kappa shape index (κ1) is 20.2. The molecule has 0 amide bonds. The molecule has 0 spiro atoms. The van der Waals surface area contributed by atoms with Crippen LogP contribution in [-0.2, 0) is 19.1 Å². The topological polar surface area (TPSA) is 76.4 Å². The largest absolute Gasteiger partial charge is 0.464 e. The molecule has 1 saturated heterocycles. The van der Waals surface area contributed by atoms with Gasteiger partial charge in [-0.1, -0.05) is 41.5 Å². The van der Waals surface area contributed by atoms with Crippen LogP contribution in [-0.4, -0.2) is 24.6 Å². The molecule has 6 unspecified atom stereocenters. The summed E-state index contributed by atoms with van der Waals surface area (Å²) in [6.45, 7) is 15.0. The lowest BCUT2D eigenvalue weighted by Gasteiger charge is -2.46. The molecule has 1 aliphatic heterocycles. The van der Waals surface area contributed by atoms with Crippen LogP contribution in [0.1, 0.15) is 67.7 Å². The van der Waals surface area contributed by atoms with E-state index in [9.17, 15) is 14.9 Å². The van der Waals surface area contributed by atoms with Crippen LogP contribution in [0.15, 0.2) is 0 Å². The van der Waals surface area contributed by atoms with Crippen molar-refractivity contribution in [3.05, 3.63) is 0 Å². The molecular formula is C22H33NO4. The van der Waals surface area contributed by atoms with Crippen LogP contribution in [0.3, 0.4) is 0 Å². The summed E-state index contributed by atoms with van der Waals surface area (Å²) in [5.41, 5.74) is -1.89. The maximum Gasteiger partial charge on any atom is 0.326 e. The molecule has 2 aliphatic carbocycles. The molecule has 0 aromatic rings. The van der Waals surface area contributed by atoms with E-state index in [1.807, 2.05) is 6.92 Å². The minimum Gasteiger partial charge on any atom is -0.464 e. The van der Waals surface area contributed by atoms with Crippen molar-refractivity contribution >= 4 is 11.9 Å². The highest BCUT2D eigenvalue weighted by molar-refractivity contribution is 5.83. The van der Waals surface area contributed by atoms with Crippen molar-refractivity contribution in [1.29, 1.82) is 5.26 Å². The van der Waals surface area contributed by atoms with Gasteiger partial charge in [0.2, 0.25) is 0 Å². The molecule has 6 atom stereocenters.